The first-order chi connectivity index (χ1) is 10.3. The lowest BCUT2D eigenvalue weighted by molar-refractivity contribution is 0.222. The van der Waals surface area contributed by atoms with Crippen LogP contribution in [0, 0.1) is 0 Å². The molecule has 2 rings (SSSR count). The van der Waals surface area contributed by atoms with E-state index in [0.717, 1.165) is 38.4 Å². The van der Waals surface area contributed by atoms with Gasteiger partial charge in [-0.2, -0.15) is 0 Å². The maximum absolute atomic E-state index is 6.00. The van der Waals surface area contributed by atoms with Crippen molar-refractivity contribution in [1.29, 1.82) is 0 Å². The molecular weight excluding hydrogens is 294 g/mol. The van der Waals surface area contributed by atoms with E-state index in [1.54, 1.807) is 0 Å². The van der Waals surface area contributed by atoms with E-state index in [2.05, 4.69) is 67.3 Å². The van der Waals surface area contributed by atoms with E-state index < -0.39 is 0 Å². The van der Waals surface area contributed by atoms with Crippen LogP contribution in [0.15, 0.2) is 54.6 Å². The van der Waals surface area contributed by atoms with Crippen molar-refractivity contribution in [1.82, 2.24) is 4.90 Å². The summed E-state index contributed by atoms with van der Waals surface area (Å²) in [5, 5.41) is 0. The summed E-state index contributed by atoms with van der Waals surface area (Å²) in [4.78, 5) is 2.37. The molecule has 0 bridgehead atoms. The minimum Gasteiger partial charge on any atom is -0.492 e. The number of hydrogen-bond acceptors (Lipinski definition) is 2. The Morgan fingerprint density at radius 1 is 0.864 bits per heavy atom. The van der Waals surface area contributed by atoms with Crippen molar-refractivity contribution in [3.05, 3.63) is 65.7 Å². The molecule has 0 aliphatic rings. The Bertz CT molecular complexity index is 526. The molecule has 120 valence electrons. The maximum Gasteiger partial charge on any atom is 0.122 e. The fraction of sp³-hybridized carbons (Fsp3) is 0.368. The number of ether oxygens (including phenoxy) is 1. The Balaban J connectivity index is 0.00000242. The lowest BCUT2D eigenvalue weighted by Gasteiger charge is -2.19. The van der Waals surface area contributed by atoms with Crippen molar-refractivity contribution < 1.29 is 4.74 Å². The molecule has 0 heterocycles. The monoisotopic (exact) mass is 319 g/mol. The molecule has 2 nitrogen and oxygen atoms in total. The topological polar surface area (TPSA) is 12.5 Å². The Morgan fingerprint density at radius 3 is 2.18 bits per heavy atom. The van der Waals surface area contributed by atoms with Crippen LogP contribution >= 0.6 is 12.4 Å². The maximum atomic E-state index is 6.00. The van der Waals surface area contributed by atoms with Crippen LogP contribution in [0.4, 0.5) is 0 Å². The molecule has 0 N–H and O–H groups in total. The standard InChI is InChI=1S/C19H25NO.ClH/c1-3-20(4-2)14-15-21-19-13-9-8-12-18(19)16-17-10-6-5-7-11-17;/h5-13H,3-4,14-16H2,1-2H3;1H. The summed E-state index contributed by atoms with van der Waals surface area (Å²) in [6.07, 6.45) is 0.919. The van der Waals surface area contributed by atoms with E-state index in [9.17, 15) is 0 Å². The van der Waals surface area contributed by atoms with Crippen molar-refractivity contribution in [2.24, 2.45) is 0 Å². The smallest absolute Gasteiger partial charge is 0.122 e. The third-order valence-corrected chi connectivity index (χ3v) is 3.77. The van der Waals surface area contributed by atoms with E-state index >= 15 is 0 Å². The Kier molecular flexibility index (Phi) is 8.64. The van der Waals surface area contributed by atoms with E-state index in [4.69, 9.17) is 4.74 Å². The van der Waals surface area contributed by atoms with Crippen molar-refractivity contribution >= 4 is 12.4 Å². The summed E-state index contributed by atoms with van der Waals surface area (Å²) >= 11 is 0. The van der Waals surface area contributed by atoms with Crippen LogP contribution in [0.1, 0.15) is 25.0 Å². The van der Waals surface area contributed by atoms with Crippen LogP contribution in [0.3, 0.4) is 0 Å². The molecule has 0 aliphatic carbocycles. The second kappa shape index (κ2) is 10.3. The van der Waals surface area contributed by atoms with Gasteiger partial charge in [0.25, 0.3) is 0 Å². The van der Waals surface area contributed by atoms with Crippen LogP contribution in [0.25, 0.3) is 0 Å². The summed E-state index contributed by atoms with van der Waals surface area (Å²) in [6.45, 7) is 8.25. The fourth-order valence-electron chi connectivity index (χ4n) is 2.43. The van der Waals surface area contributed by atoms with E-state index in [1.165, 1.54) is 11.1 Å². The lowest BCUT2D eigenvalue weighted by Crippen LogP contribution is -2.28. The van der Waals surface area contributed by atoms with E-state index in [-0.39, 0.29) is 12.4 Å². The number of likely N-dealkylation sites (N-methyl/N-ethyl adjacent to an activating group) is 1. The molecule has 0 radical (unpaired) electrons. The Labute approximate surface area is 140 Å². The molecule has 3 heteroatoms. The zero-order chi connectivity index (χ0) is 14.9. The van der Waals surface area contributed by atoms with Crippen LogP contribution < -0.4 is 4.74 Å². The molecule has 0 fully saturated rings. The summed E-state index contributed by atoms with van der Waals surface area (Å²) < 4.78 is 6.00. The second-order valence-corrected chi connectivity index (χ2v) is 5.15. The number of benzene rings is 2. The third-order valence-electron chi connectivity index (χ3n) is 3.77. The molecule has 0 saturated carbocycles. The highest BCUT2D eigenvalue weighted by atomic mass is 35.5. The predicted molar refractivity (Wildman–Crippen MR) is 96.2 cm³/mol. The molecule has 0 amide bonds. The van der Waals surface area contributed by atoms with Gasteiger partial charge >= 0.3 is 0 Å². The largest absolute Gasteiger partial charge is 0.492 e. The van der Waals surface area contributed by atoms with Crippen LogP contribution in [0.2, 0.25) is 0 Å². The second-order valence-electron chi connectivity index (χ2n) is 5.15. The van der Waals surface area contributed by atoms with Crippen molar-refractivity contribution in [2.45, 2.75) is 20.3 Å². The number of nitrogens with zero attached hydrogens (tertiary/aromatic N) is 1. The van der Waals surface area contributed by atoms with Crippen LogP contribution in [-0.4, -0.2) is 31.1 Å². The van der Waals surface area contributed by atoms with Gasteiger partial charge in [-0.05, 0) is 30.3 Å². The van der Waals surface area contributed by atoms with Crippen LogP contribution in [-0.2, 0) is 6.42 Å². The predicted octanol–water partition coefficient (Wildman–Crippen LogP) is 4.42. The van der Waals surface area contributed by atoms with E-state index in [0.29, 0.717) is 0 Å². The molecule has 0 saturated heterocycles. The number of hydrogen-bond donors (Lipinski definition) is 0. The SMILES string of the molecule is CCN(CC)CCOc1ccccc1Cc1ccccc1.Cl. The summed E-state index contributed by atoms with van der Waals surface area (Å²) in [5.74, 6) is 1.01. The molecule has 2 aromatic carbocycles. The first-order valence-electron chi connectivity index (χ1n) is 7.80. The quantitative estimate of drug-likeness (QED) is 0.714. The third kappa shape index (κ3) is 5.70. The number of halogens is 1. The first-order valence-corrected chi connectivity index (χ1v) is 7.80. The Hall–Kier alpha value is -1.51. The van der Waals surface area contributed by atoms with Gasteiger partial charge < -0.3 is 9.64 Å². The van der Waals surface area contributed by atoms with Crippen molar-refractivity contribution in [3.8, 4) is 5.75 Å². The first kappa shape index (κ1) is 18.5. The zero-order valence-corrected chi connectivity index (χ0v) is 14.3. The van der Waals surface area contributed by atoms with Gasteiger partial charge in [-0.25, -0.2) is 0 Å². The fourth-order valence-corrected chi connectivity index (χ4v) is 2.43. The van der Waals surface area contributed by atoms with Gasteiger partial charge in [0.1, 0.15) is 12.4 Å². The average molecular weight is 320 g/mol. The van der Waals surface area contributed by atoms with Gasteiger partial charge in [-0.1, -0.05) is 62.4 Å². The minimum absolute atomic E-state index is 0. The van der Waals surface area contributed by atoms with Crippen molar-refractivity contribution in [3.63, 3.8) is 0 Å². The number of para-hydroxylation sites is 1. The Morgan fingerprint density at radius 2 is 1.50 bits per heavy atom. The number of rotatable bonds is 8. The average Bonchev–Trinajstić information content (AvgIpc) is 2.54. The van der Waals surface area contributed by atoms with Gasteiger partial charge in [-0.15, -0.1) is 12.4 Å². The lowest BCUT2D eigenvalue weighted by atomic mass is 10.0. The zero-order valence-electron chi connectivity index (χ0n) is 13.5. The molecule has 22 heavy (non-hydrogen) atoms. The van der Waals surface area contributed by atoms with Gasteiger partial charge in [0.2, 0.25) is 0 Å². The molecule has 0 spiro atoms. The molecule has 0 aromatic heterocycles. The van der Waals surface area contributed by atoms with Gasteiger partial charge in [0, 0.05) is 13.0 Å². The normalized spacial score (nSPS) is 10.3. The van der Waals surface area contributed by atoms with Crippen molar-refractivity contribution in [2.75, 3.05) is 26.2 Å². The molecule has 2 aromatic rings. The summed E-state index contributed by atoms with van der Waals surface area (Å²) in [5.41, 5.74) is 2.57. The highest BCUT2D eigenvalue weighted by Gasteiger charge is 2.05. The molecular formula is C19H26ClNO. The van der Waals surface area contributed by atoms with Gasteiger partial charge in [0.05, 0.1) is 0 Å². The van der Waals surface area contributed by atoms with Crippen LogP contribution in [0.5, 0.6) is 5.75 Å². The molecule has 0 aliphatic heterocycles. The minimum atomic E-state index is 0. The highest BCUT2D eigenvalue weighted by Crippen LogP contribution is 2.21. The summed E-state index contributed by atoms with van der Waals surface area (Å²) in [7, 11) is 0. The highest BCUT2D eigenvalue weighted by molar-refractivity contribution is 5.85. The van der Waals surface area contributed by atoms with E-state index in [1.807, 2.05) is 6.07 Å². The summed E-state index contributed by atoms with van der Waals surface area (Å²) in [6, 6.07) is 18.9. The molecule has 0 atom stereocenters. The molecule has 0 unspecified atom stereocenters. The van der Waals surface area contributed by atoms with Gasteiger partial charge in [0.15, 0.2) is 0 Å². The van der Waals surface area contributed by atoms with Gasteiger partial charge in [-0.3, -0.25) is 0 Å².